The van der Waals surface area contributed by atoms with Crippen LogP contribution in [-0.4, -0.2) is 10.9 Å². The predicted octanol–water partition coefficient (Wildman–Crippen LogP) is 4.68. The van der Waals surface area contributed by atoms with Gasteiger partial charge in [0.1, 0.15) is 5.82 Å². The molecule has 0 fully saturated rings. The summed E-state index contributed by atoms with van der Waals surface area (Å²) in [5.74, 6) is 0.344. The van der Waals surface area contributed by atoms with Crippen LogP contribution < -0.4 is 5.32 Å². The van der Waals surface area contributed by atoms with Crippen molar-refractivity contribution in [2.45, 2.75) is 0 Å². The molecule has 0 aliphatic rings. The van der Waals surface area contributed by atoms with Gasteiger partial charge >= 0.3 is 0 Å². The Labute approximate surface area is 127 Å². The van der Waals surface area contributed by atoms with Crippen molar-refractivity contribution in [1.82, 2.24) is 4.98 Å². The van der Waals surface area contributed by atoms with Crippen molar-refractivity contribution in [2.75, 3.05) is 5.32 Å². The van der Waals surface area contributed by atoms with Gasteiger partial charge in [-0.2, -0.15) is 0 Å². The Balaban J connectivity index is 2.17. The number of amides is 1. The highest BCUT2D eigenvalue weighted by Crippen LogP contribution is 2.32. The Morgan fingerprint density at radius 1 is 1.29 bits per heavy atom. The van der Waals surface area contributed by atoms with Gasteiger partial charge in [-0.1, -0.05) is 15.9 Å². The molecule has 0 aromatic carbocycles. The fourth-order valence-electron chi connectivity index (χ4n) is 1.11. The second-order valence-corrected chi connectivity index (χ2v) is 7.19. The first-order chi connectivity index (χ1) is 8.06. The summed E-state index contributed by atoms with van der Waals surface area (Å²) < 4.78 is 2.64. The highest BCUT2D eigenvalue weighted by molar-refractivity contribution is 9.13. The lowest BCUT2D eigenvalue weighted by Gasteiger charge is -2.02. The van der Waals surface area contributed by atoms with E-state index in [0.717, 1.165) is 12.7 Å². The molecule has 2 aromatic rings. The van der Waals surface area contributed by atoms with Crippen molar-refractivity contribution in [3.05, 3.63) is 42.0 Å². The number of nitrogens with one attached hydrogen (secondary N) is 1. The highest BCUT2D eigenvalue weighted by Gasteiger charge is 2.12. The molecule has 0 saturated heterocycles. The monoisotopic (exact) mass is 438 g/mol. The van der Waals surface area contributed by atoms with E-state index in [4.69, 9.17) is 0 Å². The van der Waals surface area contributed by atoms with E-state index >= 15 is 0 Å². The lowest BCUT2D eigenvalue weighted by molar-refractivity contribution is 0.103. The predicted molar refractivity (Wildman–Crippen MR) is 79.6 cm³/mol. The number of rotatable bonds is 2. The third-order valence-electron chi connectivity index (χ3n) is 1.83. The minimum atomic E-state index is -0.174. The van der Waals surface area contributed by atoms with Crippen LogP contribution in [0.4, 0.5) is 5.82 Å². The molecule has 0 bridgehead atoms. The minimum absolute atomic E-state index is 0.174. The molecule has 0 aliphatic heterocycles. The average molecular weight is 441 g/mol. The molecular weight excluding hydrogens is 436 g/mol. The molecule has 88 valence electrons. The van der Waals surface area contributed by atoms with Gasteiger partial charge in [0.2, 0.25) is 0 Å². The Bertz CT molecular complexity index is 551. The first kappa shape index (κ1) is 13.2. The first-order valence-electron chi connectivity index (χ1n) is 4.44. The molecule has 0 radical (unpaired) electrons. The second-order valence-electron chi connectivity index (χ2n) is 3.05. The van der Waals surface area contributed by atoms with E-state index in [1.165, 1.54) is 11.3 Å². The van der Waals surface area contributed by atoms with Crippen molar-refractivity contribution in [3.8, 4) is 0 Å². The van der Waals surface area contributed by atoms with E-state index < -0.39 is 0 Å². The van der Waals surface area contributed by atoms with Crippen molar-refractivity contribution in [1.29, 1.82) is 0 Å². The molecule has 0 spiro atoms. The van der Waals surface area contributed by atoms with Crippen molar-refractivity contribution in [3.63, 3.8) is 0 Å². The van der Waals surface area contributed by atoms with E-state index in [-0.39, 0.29) is 5.91 Å². The Morgan fingerprint density at radius 3 is 2.65 bits per heavy atom. The number of halogens is 3. The van der Waals surface area contributed by atoms with Crippen molar-refractivity contribution < 1.29 is 4.79 Å². The fourth-order valence-corrected chi connectivity index (χ4v) is 3.38. The molecule has 0 unspecified atom stereocenters. The molecule has 2 rings (SSSR count). The first-order valence-corrected chi connectivity index (χ1v) is 7.63. The van der Waals surface area contributed by atoms with Crippen LogP contribution in [-0.2, 0) is 0 Å². The fraction of sp³-hybridized carbons (Fsp3) is 0. The number of nitrogens with zero attached hydrogens (tertiary/aromatic N) is 1. The molecule has 17 heavy (non-hydrogen) atoms. The maximum Gasteiger partial charge on any atom is 0.266 e. The average Bonchev–Trinajstić information content (AvgIpc) is 2.59. The van der Waals surface area contributed by atoms with Crippen LogP contribution in [0.1, 0.15) is 9.67 Å². The van der Waals surface area contributed by atoms with Gasteiger partial charge in [0.05, 0.1) is 8.66 Å². The number of aromatic nitrogens is 1. The molecule has 1 amide bonds. The van der Waals surface area contributed by atoms with Gasteiger partial charge in [0, 0.05) is 15.1 Å². The molecule has 0 aliphatic carbocycles. The third kappa shape index (κ3) is 3.37. The van der Waals surface area contributed by atoms with Crippen LogP contribution in [0.15, 0.2) is 37.1 Å². The smallest absolute Gasteiger partial charge is 0.266 e. The summed E-state index contributed by atoms with van der Waals surface area (Å²) in [4.78, 5) is 16.6. The molecule has 3 nitrogen and oxygen atoms in total. The topological polar surface area (TPSA) is 42.0 Å². The quantitative estimate of drug-likeness (QED) is 0.736. The number of hydrogen-bond donors (Lipinski definition) is 1. The zero-order valence-electron chi connectivity index (χ0n) is 8.21. The van der Waals surface area contributed by atoms with Gasteiger partial charge in [-0.05, 0) is 50.1 Å². The zero-order valence-corrected chi connectivity index (χ0v) is 13.8. The number of carbonyl (C=O) groups is 1. The van der Waals surface area contributed by atoms with Crippen LogP contribution in [0.25, 0.3) is 0 Å². The lowest BCUT2D eigenvalue weighted by atomic mass is 10.4. The SMILES string of the molecule is O=C(Nc1cc(Br)ccn1)c1cc(Br)c(Br)s1. The highest BCUT2D eigenvalue weighted by atomic mass is 79.9. The normalized spacial score (nSPS) is 10.3. The van der Waals surface area contributed by atoms with Gasteiger partial charge in [-0.3, -0.25) is 4.79 Å². The number of carbonyl (C=O) groups excluding carboxylic acids is 1. The molecule has 2 heterocycles. The number of thiophene rings is 1. The summed E-state index contributed by atoms with van der Waals surface area (Å²) >= 11 is 11.4. The third-order valence-corrected chi connectivity index (χ3v) is 5.58. The molecule has 1 N–H and O–H groups in total. The van der Waals surface area contributed by atoms with Gasteiger partial charge in [0.25, 0.3) is 5.91 Å². The van der Waals surface area contributed by atoms with Gasteiger partial charge in [-0.25, -0.2) is 4.98 Å². The number of anilines is 1. The standard InChI is InChI=1S/C10H5Br3N2OS/c11-5-1-2-14-8(3-5)15-10(16)7-4-6(12)9(13)17-7/h1-4H,(H,14,15,16). The molecule has 7 heteroatoms. The van der Waals surface area contributed by atoms with Crippen LogP contribution in [0.3, 0.4) is 0 Å². The maximum absolute atomic E-state index is 11.9. The van der Waals surface area contributed by atoms with Gasteiger partial charge in [-0.15, -0.1) is 11.3 Å². The largest absolute Gasteiger partial charge is 0.306 e. The summed E-state index contributed by atoms with van der Waals surface area (Å²) in [5, 5.41) is 2.73. The minimum Gasteiger partial charge on any atom is -0.306 e. The van der Waals surface area contributed by atoms with Crippen LogP contribution >= 0.6 is 59.1 Å². The van der Waals surface area contributed by atoms with Crippen LogP contribution in [0.5, 0.6) is 0 Å². The van der Waals surface area contributed by atoms with E-state index in [2.05, 4.69) is 58.1 Å². The number of hydrogen-bond acceptors (Lipinski definition) is 3. The van der Waals surface area contributed by atoms with Crippen molar-refractivity contribution >= 4 is 70.9 Å². The summed E-state index contributed by atoms with van der Waals surface area (Å²) in [6, 6.07) is 5.31. The van der Waals surface area contributed by atoms with Gasteiger partial charge in [0.15, 0.2) is 0 Å². The summed E-state index contributed by atoms with van der Waals surface area (Å²) in [6.07, 6.45) is 1.62. The van der Waals surface area contributed by atoms with E-state index in [0.29, 0.717) is 10.7 Å². The summed E-state index contributed by atoms with van der Waals surface area (Å²) in [6.45, 7) is 0. The number of pyridine rings is 1. The summed E-state index contributed by atoms with van der Waals surface area (Å²) in [5.41, 5.74) is 0. The van der Waals surface area contributed by atoms with Crippen LogP contribution in [0, 0.1) is 0 Å². The Hall–Kier alpha value is -0.240. The second kappa shape index (κ2) is 5.60. The van der Waals surface area contributed by atoms with Crippen LogP contribution in [0.2, 0.25) is 0 Å². The molecular formula is C10H5Br3N2OS. The zero-order chi connectivity index (χ0) is 12.4. The van der Waals surface area contributed by atoms with Gasteiger partial charge < -0.3 is 5.32 Å². The summed E-state index contributed by atoms with van der Waals surface area (Å²) in [7, 11) is 0. The molecule has 2 aromatic heterocycles. The maximum atomic E-state index is 11.9. The molecule has 0 saturated carbocycles. The van der Waals surface area contributed by atoms with Crippen molar-refractivity contribution in [2.24, 2.45) is 0 Å². The van der Waals surface area contributed by atoms with E-state index in [1.807, 2.05) is 0 Å². The Kier molecular flexibility index (Phi) is 4.35. The van der Waals surface area contributed by atoms with E-state index in [1.54, 1.807) is 24.4 Å². The lowest BCUT2D eigenvalue weighted by Crippen LogP contribution is -2.11. The Morgan fingerprint density at radius 2 is 2.06 bits per heavy atom. The molecule has 0 atom stereocenters. The van der Waals surface area contributed by atoms with E-state index in [9.17, 15) is 4.79 Å².